The number of hydrogen-bond acceptors (Lipinski definition) is 5. The summed E-state index contributed by atoms with van der Waals surface area (Å²) in [5, 5.41) is 11.4. The number of pyridine rings is 1. The molecule has 0 atom stereocenters. The first-order valence-electron chi connectivity index (χ1n) is 7.08. The molecule has 0 aliphatic rings. The van der Waals surface area contributed by atoms with Gasteiger partial charge >= 0.3 is 0 Å². The molecule has 1 aromatic carbocycles. The Kier molecular flexibility index (Phi) is 4.48. The number of halogens is 1. The van der Waals surface area contributed by atoms with E-state index in [4.69, 9.17) is 0 Å². The van der Waals surface area contributed by atoms with Crippen LogP contribution < -0.4 is 10.9 Å². The molecule has 0 bridgehead atoms. The number of aromatic nitrogens is 3. The third-order valence-electron chi connectivity index (χ3n) is 3.29. The van der Waals surface area contributed by atoms with Crippen molar-refractivity contribution in [2.24, 2.45) is 0 Å². The summed E-state index contributed by atoms with van der Waals surface area (Å²) < 4.78 is 15.0. The molecule has 0 spiro atoms. The van der Waals surface area contributed by atoms with E-state index >= 15 is 0 Å². The monoisotopic (exact) mass is 344 g/mol. The van der Waals surface area contributed by atoms with E-state index in [9.17, 15) is 14.0 Å². The summed E-state index contributed by atoms with van der Waals surface area (Å²) in [5.74, 6) is -0.808. The van der Waals surface area contributed by atoms with Crippen LogP contribution in [0.5, 0.6) is 0 Å². The van der Waals surface area contributed by atoms with E-state index in [0.717, 1.165) is 5.01 Å². The van der Waals surface area contributed by atoms with Gasteiger partial charge in [0.2, 0.25) is 5.13 Å². The zero-order chi connectivity index (χ0) is 17.1. The van der Waals surface area contributed by atoms with Crippen LogP contribution in [0.4, 0.5) is 9.52 Å². The summed E-state index contributed by atoms with van der Waals surface area (Å²) in [7, 11) is 0. The van der Waals surface area contributed by atoms with E-state index in [1.54, 1.807) is 25.1 Å². The highest BCUT2D eigenvalue weighted by molar-refractivity contribution is 7.15. The molecule has 0 aliphatic carbocycles. The summed E-state index contributed by atoms with van der Waals surface area (Å²) in [4.78, 5) is 24.2. The van der Waals surface area contributed by atoms with Gasteiger partial charge in [0.25, 0.3) is 11.5 Å². The maximum Gasteiger partial charge on any atom is 0.258 e. The molecule has 3 aromatic rings. The molecule has 1 amide bonds. The quantitative estimate of drug-likeness (QED) is 0.789. The highest BCUT2D eigenvalue weighted by atomic mass is 32.1. The summed E-state index contributed by atoms with van der Waals surface area (Å²) in [6.45, 7) is 1.83. The zero-order valence-corrected chi connectivity index (χ0v) is 13.5. The highest BCUT2D eigenvalue weighted by Crippen LogP contribution is 2.15. The van der Waals surface area contributed by atoms with Gasteiger partial charge in [-0.15, -0.1) is 10.2 Å². The Bertz CT molecular complexity index is 951. The van der Waals surface area contributed by atoms with E-state index in [2.05, 4.69) is 15.5 Å². The van der Waals surface area contributed by atoms with Crippen LogP contribution in [0.25, 0.3) is 0 Å². The summed E-state index contributed by atoms with van der Waals surface area (Å²) in [6.07, 6.45) is 1.40. The first-order chi connectivity index (χ1) is 11.5. The molecule has 3 rings (SSSR count). The fraction of sp³-hybridized carbons (Fsp3) is 0.125. The maximum absolute atomic E-state index is 13.7. The molecule has 0 unspecified atom stereocenters. The van der Waals surface area contributed by atoms with Gasteiger partial charge in [-0.3, -0.25) is 14.9 Å². The lowest BCUT2D eigenvalue weighted by Crippen LogP contribution is -2.23. The van der Waals surface area contributed by atoms with E-state index in [-0.39, 0.29) is 17.7 Å². The topological polar surface area (TPSA) is 76.9 Å². The summed E-state index contributed by atoms with van der Waals surface area (Å²) >= 11 is 1.25. The Morgan fingerprint density at radius 2 is 2.04 bits per heavy atom. The molecule has 2 aromatic heterocycles. The molecular weight excluding hydrogens is 331 g/mol. The number of anilines is 1. The van der Waals surface area contributed by atoms with Crippen molar-refractivity contribution in [1.82, 2.24) is 14.8 Å². The van der Waals surface area contributed by atoms with Crippen LogP contribution in [-0.4, -0.2) is 20.7 Å². The fourth-order valence-electron chi connectivity index (χ4n) is 2.12. The first kappa shape index (κ1) is 16.0. The van der Waals surface area contributed by atoms with Crippen LogP contribution in [-0.2, 0) is 6.54 Å². The second-order valence-corrected chi connectivity index (χ2v) is 6.24. The van der Waals surface area contributed by atoms with E-state index < -0.39 is 11.7 Å². The van der Waals surface area contributed by atoms with Gasteiger partial charge in [0.15, 0.2) is 0 Å². The molecule has 0 saturated heterocycles. The van der Waals surface area contributed by atoms with Crippen molar-refractivity contribution in [3.05, 3.63) is 74.9 Å². The van der Waals surface area contributed by atoms with Gasteiger partial charge in [0, 0.05) is 17.8 Å². The number of benzene rings is 1. The Balaban J connectivity index is 1.84. The van der Waals surface area contributed by atoms with Crippen LogP contribution in [0.2, 0.25) is 0 Å². The first-order valence-corrected chi connectivity index (χ1v) is 7.90. The molecule has 2 heterocycles. The van der Waals surface area contributed by atoms with Crippen molar-refractivity contribution in [1.29, 1.82) is 0 Å². The van der Waals surface area contributed by atoms with Crippen molar-refractivity contribution >= 4 is 22.4 Å². The normalized spacial score (nSPS) is 10.6. The predicted octanol–water partition coefficient (Wildman–Crippen LogP) is 2.45. The van der Waals surface area contributed by atoms with Gasteiger partial charge in [0.05, 0.1) is 12.1 Å². The second-order valence-electron chi connectivity index (χ2n) is 5.06. The molecule has 24 heavy (non-hydrogen) atoms. The Hall–Kier alpha value is -2.87. The minimum Gasteiger partial charge on any atom is -0.310 e. The van der Waals surface area contributed by atoms with Crippen molar-refractivity contribution in [2.75, 3.05) is 5.32 Å². The highest BCUT2D eigenvalue weighted by Gasteiger charge is 2.11. The van der Waals surface area contributed by atoms with E-state index in [1.807, 2.05) is 0 Å². The van der Waals surface area contributed by atoms with Gasteiger partial charge in [-0.2, -0.15) is 0 Å². The number of rotatable bonds is 4. The average Bonchev–Trinajstić information content (AvgIpc) is 2.96. The number of amides is 1. The molecule has 1 N–H and O–H groups in total. The lowest BCUT2D eigenvalue weighted by Gasteiger charge is -2.09. The largest absolute Gasteiger partial charge is 0.310 e. The van der Waals surface area contributed by atoms with Crippen molar-refractivity contribution in [3.8, 4) is 0 Å². The number of aryl methyl sites for hydroxylation is 1. The van der Waals surface area contributed by atoms with Crippen LogP contribution >= 0.6 is 11.3 Å². The fourth-order valence-corrected chi connectivity index (χ4v) is 2.70. The second kappa shape index (κ2) is 6.71. The number of nitrogens with zero attached hydrogens (tertiary/aromatic N) is 3. The minimum absolute atomic E-state index is 0.0462. The van der Waals surface area contributed by atoms with Gasteiger partial charge < -0.3 is 4.57 Å². The van der Waals surface area contributed by atoms with Crippen LogP contribution in [0, 0.1) is 12.7 Å². The molecule has 0 radical (unpaired) electrons. The predicted molar refractivity (Wildman–Crippen MR) is 88.8 cm³/mol. The van der Waals surface area contributed by atoms with Gasteiger partial charge in [-0.25, -0.2) is 4.39 Å². The molecule has 0 saturated carbocycles. The zero-order valence-electron chi connectivity index (χ0n) is 12.7. The van der Waals surface area contributed by atoms with E-state index in [0.29, 0.717) is 10.7 Å². The standard InChI is InChI=1S/C16H13FN4O2S/c1-10-19-20-16(24-10)18-15(23)12-6-7-14(22)21(9-12)8-11-4-2-3-5-13(11)17/h2-7,9H,8H2,1H3,(H,18,20,23). The SMILES string of the molecule is Cc1nnc(NC(=O)c2ccc(=O)n(Cc3ccccc3F)c2)s1. The lowest BCUT2D eigenvalue weighted by atomic mass is 10.2. The maximum atomic E-state index is 13.7. The van der Waals surface area contributed by atoms with Gasteiger partial charge in [-0.1, -0.05) is 29.5 Å². The third kappa shape index (κ3) is 3.54. The Morgan fingerprint density at radius 3 is 2.75 bits per heavy atom. The third-order valence-corrected chi connectivity index (χ3v) is 4.04. The minimum atomic E-state index is -0.409. The molecule has 8 heteroatoms. The average molecular weight is 344 g/mol. The molecular formula is C16H13FN4O2S. The van der Waals surface area contributed by atoms with Gasteiger partial charge in [-0.05, 0) is 19.1 Å². The summed E-state index contributed by atoms with van der Waals surface area (Å²) in [5.41, 5.74) is 0.331. The van der Waals surface area contributed by atoms with Crippen molar-refractivity contribution in [2.45, 2.75) is 13.5 Å². The number of carbonyl (C=O) groups is 1. The number of carbonyl (C=O) groups excluding carboxylic acids is 1. The van der Waals surface area contributed by atoms with Crippen molar-refractivity contribution < 1.29 is 9.18 Å². The molecule has 122 valence electrons. The number of nitrogens with one attached hydrogen (secondary N) is 1. The molecule has 0 fully saturated rings. The van der Waals surface area contributed by atoms with Crippen LogP contribution in [0.1, 0.15) is 20.9 Å². The molecule has 0 aliphatic heterocycles. The lowest BCUT2D eigenvalue weighted by molar-refractivity contribution is 0.102. The van der Waals surface area contributed by atoms with Crippen LogP contribution in [0.3, 0.4) is 0 Å². The number of hydrogen-bond donors (Lipinski definition) is 1. The summed E-state index contributed by atoms with van der Waals surface area (Å²) in [6, 6.07) is 8.89. The van der Waals surface area contributed by atoms with E-state index in [1.165, 1.54) is 40.3 Å². The Labute approximate surface area is 140 Å². The smallest absolute Gasteiger partial charge is 0.258 e. The van der Waals surface area contributed by atoms with Crippen LogP contribution in [0.15, 0.2) is 47.4 Å². The molecule has 6 nitrogen and oxygen atoms in total. The van der Waals surface area contributed by atoms with Gasteiger partial charge in [0.1, 0.15) is 10.8 Å². The Morgan fingerprint density at radius 1 is 1.25 bits per heavy atom. The van der Waals surface area contributed by atoms with Crippen molar-refractivity contribution in [3.63, 3.8) is 0 Å².